The molecule has 0 aromatic heterocycles. The van der Waals surface area contributed by atoms with Gasteiger partial charge in [0, 0.05) is 50.6 Å². The molecular weight excluding hydrogens is 288 g/mol. The van der Waals surface area contributed by atoms with Crippen molar-refractivity contribution >= 4 is 17.3 Å². The van der Waals surface area contributed by atoms with Gasteiger partial charge in [-0.2, -0.15) is 0 Å². The highest BCUT2D eigenvalue weighted by Gasteiger charge is 2.23. The minimum atomic E-state index is 0.277. The Kier molecular flexibility index (Phi) is 6.77. The summed E-state index contributed by atoms with van der Waals surface area (Å²) in [5.74, 6) is 0.586. The van der Waals surface area contributed by atoms with E-state index in [0.29, 0.717) is 12.5 Å². The van der Waals surface area contributed by atoms with E-state index in [2.05, 4.69) is 22.3 Å². The van der Waals surface area contributed by atoms with Crippen LogP contribution in [0, 0.1) is 5.92 Å². The topological polar surface area (TPSA) is 44.7 Å². The molecule has 118 valence electrons. The first-order chi connectivity index (χ1) is 10.2. The fourth-order valence-corrected chi connectivity index (χ4v) is 3.01. The molecule has 1 heterocycles. The van der Waals surface area contributed by atoms with E-state index in [0.717, 1.165) is 44.0 Å². The monoisotopic (exact) mass is 312 g/mol. The molecule has 1 aromatic carbocycles. The van der Waals surface area contributed by atoms with Crippen LogP contribution in [-0.2, 0) is 11.3 Å². The van der Waals surface area contributed by atoms with Crippen LogP contribution in [0.4, 0.5) is 5.69 Å². The summed E-state index contributed by atoms with van der Waals surface area (Å²) < 4.78 is 5.05. The predicted octanol–water partition coefficient (Wildman–Crippen LogP) is 2.28. The lowest BCUT2D eigenvalue weighted by atomic mass is 10.1. The Labute approximate surface area is 132 Å². The van der Waals surface area contributed by atoms with Crippen LogP contribution in [0.15, 0.2) is 18.2 Å². The molecule has 2 N–H and O–H groups in total. The Hall–Kier alpha value is -0.810. The zero-order valence-corrected chi connectivity index (χ0v) is 13.4. The van der Waals surface area contributed by atoms with Crippen LogP contribution >= 0.6 is 11.6 Å². The number of aliphatic hydroxyl groups excluding tert-OH is 1. The first-order valence-electron chi connectivity index (χ1n) is 7.58. The standard InChI is InChI=1S/C16H25ClN2O2/c1-21-9-6-18-11-14-2-3-15(17)10-16(14)19-7-4-13(12-19)5-8-20/h2-3,10,13,18,20H,4-9,11-12H2,1H3. The maximum absolute atomic E-state index is 9.09. The summed E-state index contributed by atoms with van der Waals surface area (Å²) in [6.07, 6.45) is 2.03. The van der Waals surface area contributed by atoms with Gasteiger partial charge in [-0.05, 0) is 36.5 Å². The zero-order chi connectivity index (χ0) is 15.1. The van der Waals surface area contributed by atoms with Crippen molar-refractivity contribution in [2.75, 3.05) is 44.9 Å². The van der Waals surface area contributed by atoms with Crippen LogP contribution in [0.1, 0.15) is 18.4 Å². The lowest BCUT2D eigenvalue weighted by Crippen LogP contribution is -2.24. The molecule has 1 unspecified atom stereocenters. The third-order valence-corrected chi connectivity index (χ3v) is 4.24. The summed E-state index contributed by atoms with van der Waals surface area (Å²) in [4.78, 5) is 2.39. The van der Waals surface area contributed by atoms with Gasteiger partial charge in [0.2, 0.25) is 0 Å². The van der Waals surface area contributed by atoms with Gasteiger partial charge >= 0.3 is 0 Å². The minimum Gasteiger partial charge on any atom is -0.396 e. The van der Waals surface area contributed by atoms with E-state index in [-0.39, 0.29) is 6.61 Å². The Morgan fingerprint density at radius 2 is 2.33 bits per heavy atom. The quantitative estimate of drug-likeness (QED) is 0.723. The lowest BCUT2D eigenvalue weighted by Gasteiger charge is -2.23. The predicted molar refractivity (Wildman–Crippen MR) is 87.1 cm³/mol. The minimum absolute atomic E-state index is 0.277. The summed E-state index contributed by atoms with van der Waals surface area (Å²) in [7, 11) is 1.71. The number of halogens is 1. The number of nitrogens with one attached hydrogen (secondary N) is 1. The van der Waals surface area contributed by atoms with Crippen molar-refractivity contribution in [1.29, 1.82) is 0 Å². The number of benzene rings is 1. The third kappa shape index (κ3) is 4.85. The van der Waals surface area contributed by atoms with Gasteiger partial charge in [0.1, 0.15) is 0 Å². The normalized spacial score (nSPS) is 18.4. The second-order valence-corrected chi connectivity index (χ2v) is 5.99. The van der Waals surface area contributed by atoms with Crippen molar-refractivity contribution < 1.29 is 9.84 Å². The molecule has 1 fully saturated rings. The van der Waals surface area contributed by atoms with Gasteiger partial charge in [-0.25, -0.2) is 0 Å². The van der Waals surface area contributed by atoms with Gasteiger partial charge in [0.25, 0.3) is 0 Å². The Balaban J connectivity index is 2.01. The molecule has 0 radical (unpaired) electrons. The van der Waals surface area contributed by atoms with Crippen molar-refractivity contribution in [2.45, 2.75) is 19.4 Å². The Morgan fingerprint density at radius 1 is 1.48 bits per heavy atom. The smallest absolute Gasteiger partial charge is 0.0587 e. The van der Waals surface area contributed by atoms with E-state index in [1.165, 1.54) is 11.3 Å². The van der Waals surface area contributed by atoms with E-state index in [1.54, 1.807) is 7.11 Å². The van der Waals surface area contributed by atoms with Crippen LogP contribution < -0.4 is 10.2 Å². The van der Waals surface area contributed by atoms with Crippen molar-refractivity contribution in [3.05, 3.63) is 28.8 Å². The van der Waals surface area contributed by atoms with E-state index < -0.39 is 0 Å². The number of methoxy groups -OCH3 is 1. The van der Waals surface area contributed by atoms with Crippen LogP contribution in [0.25, 0.3) is 0 Å². The van der Waals surface area contributed by atoms with Crippen molar-refractivity contribution in [3.8, 4) is 0 Å². The molecule has 2 rings (SSSR count). The number of hydrogen-bond acceptors (Lipinski definition) is 4. The molecule has 1 saturated heterocycles. The highest BCUT2D eigenvalue weighted by Crippen LogP contribution is 2.30. The van der Waals surface area contributed by atoms with E-state index in [4.69, 9.17) is 21.4 Å². The maximum Gasteiger partial charge on any atom is 0.0587 e. The number of ether oxygens (including phenoxy) is 1. The molecule has 0 aliphatic carbocycles. The van der Waals surface area contributed by atoms with Crippen molar-refractivity contribution in [2.24, 2.45) is 5.92 Å². The zero-order valence-electron chi connectivity index (χ0n) is 12.6. The molecule has 1 aliphatic rings. The number of rotatable bonds is 8. The fourth-order valence-electron chi connectivity index (χ4n) is 2.85. The fraction of sp³-hybridized carbons (Fsp3) is 0.625. The number of anilines is 1. The second kappa shape index (κ2) is 8.59. The first-order valence-corrected chi connectivity index (χ1v) is 7.96. The first kappa shape index (κ1) is 16.6. The average Bonchev–Trinajstić information content (AvgIpc) is 2.94. The highest BCUT2D eigenvalue weighted by molar-refractivity contribution is 6.30. The molecule has 1 aromatic rings. The second-order valence-electron chi connectivity index (χ2n) is 5.56. The summed E-state index contributed by atoms with van der Waals surface area (Å²) in [5.41, 5.74) is 2.48. The van der Waals surface area contributed by atoms with E-state index in [1.807, 2.05) is 6.07 Å². The number of aliphatic hydroxyl groups is 1. The van der Waals surface area contributed by atoms with Crippen LogP contribution in [0.3, 0.4) is 0 Å². The largest absolute Gasteiger partial charge is 0.396 e. The molecule has 0 spiro atoms. The van der Waals surface area contributed by atoms with E-state index >= 15 is 0 Å². The Bertz CT molecular complexity index is 442. The van der Waals surface area contributed by atoms with Crippen LogP contribution in [-0.4, -0.2) is 45.1 Å². The van der Waals surface area contributed by atoms with Gasteiger partial charge in [0.15, 0.2) is 0 Å². The number of nitrogens with zero attached hydrogens (tertiary/aromatic N) is 1. The lowest BCUT2D eigenvalue weighted by molar-refractivity contribution is 0.199. The van der Waals surface area contributed by atoms with Crippen molar-refractivity contribution in [1.82, 2.24) is 5.32 Å². The molecule has 0 amide bonds. The van der Waals surface area contributed by atoms with Crippen molar-refractivity contribution in [3.63, 3.8) is 0 Å². The molecule has 0 saturated carbocycles. The summed E-state index contributed by atoms with van der Waals surface area (Å²) in [5, 5.41) is 13.2. The molecule has 1 aliphatic heterocycles. The summed E-state index contributed by atoms with van der Waals surface area (Å²) in [6, 6.07) is 6.09. The molecular formula is C16H25ClN2O2. The SMILES string of the molecule is COCCNCc1ccc(Cl)cc1N1CCC(CCO)C1. The molecule has 21 heavy (non-hydrogen) atoms. The van der Waals surface area contributed by atoms with Crippen LogP contribution in [0.5, 0.6) is 0 Å². The van der Waals surface area contributed by atoms with Gasteiger partial charge < -0.3 is 20.1 Å². The molecule has 0 bridgehead atoms. The highest BCUT2D eigenvalue weighted by atomic mass is 35.5. The van der Waals surface area contributed by atoms with Gasteiger partial charge in [-0.3, -0.25) is 0 Å². The Morgan fingerprint density at radius 3 is 3.10 bits per heavy atom. The summed E-state index contributed by atoms with van der Waals surface area (Å²) >= 11 is 6.17. The number of hydrogen-bond donors (Lipinski definition) is 2. The van der Waals surface area contributed by atoms with Gasteiger partial charge in [-0.15, -0.1) is 0 Å². The maximum atomic E-state index is 9.09. The average molecular weight is 313 g/mol. The third-order valence-electron chi connectivity index (χ3n) is 4.01. The van der Waals surface area contributed by atoms with Crippen LogP contribution in [0.2, 0.25) is 5.02 Å². The molecule has 5 heteroatoms. The van der Waals surface area contributed by atoms with Gasteiger partial charge in [-0.1, -0.05) is 17.7 Å². The van der Waals surface area contributed by atoms with Gasteiger partial charge in [0.05, 0.1) is 6.61 Å². The molecule has 1 atom stereocenters. The molecule has 4 nitrogen and oxygen atoms in total. The van der Waals surface area contributed by atoms with E-state index in [9.17, 15) is 0 Å². The summed E-state index contributed by atoms with van der Waals surface area (Å²) in [6.45, 7) is 4.69.